The van der Waals surface area contributed by atoms with Gasteiger partial charge in [-0.1, -0.05) is 39.0 Å². The van der Waals surface area contributed by atoms with Gasteiger partial charge >= 0.3 is 0 Å². The second-order valence-electron chi connectivity index (χ2n) is 6.86. The summed E-state index contributed by atoms with van der Waals surface area (Å²) >= 11 is 1.81. The minimum atomic E-state index is -0.402. The van der Waals surface area contributed by atoms with E-state index in [1.54, 1.807) is 0 Å². The summed E-state index contributed by atoms with van der Waals surface area (Å²) in [6, 6.07) is 12.6. The second-order valence-corrected chi connectivity index (χ2v) is 8.17. The first-order chi connectivity index (χ1) is 10.8. The van der Waals surface area contributed by atoms with Gasteiger partial charge in [0.1, 0.15) is 0 Å². The molecule has 0 aliphatic heterocycles. The van der Waals surface area contributed by atoms with Crippen molar-refractivity contribution in [1.29, 1.82) is 0 Å². The molecule has 0 saturated heterocycles. The number of carbonyl (C=O) groups excluding carboxylic acids is 1. The molecule has 1 unspecified atom stereocenters. The van der Waals surface area contributed by atoms with Crippen molar-refractivity contribution >= 4 is 22.9 Å². The third-order valence-electron chi connectivity index (χ3n) is 3.82. The molecular formula is C19H26N2OS. The Morgan fingerprint density at radius 3 is 2.43 bits per heavy atom. The zero-order valence-corrected chi connectivity index (χ0v) is 15.4. The fraction of sp³-hybridized carbons (Fsp3) is 0.421. The third kappa shape index (κ3) is 4.66. The van der Waals surface area contributed by atoms with E-state index in [0.29, 0.717) is 0 Å². The van der Waals surface area contributed by atoms with Crippen LogP contribution in [0.25, 0.3) is 0 Å². The van der Waals surface area contributed by atoms with Gasteiger partial charge in [0.25, 0.3) is 0 Å². The molecule has 124 valence electrons. The molecule has 0 aliphatic rings. The zero-order valence-electron chi connectivity index (χ0n) is 14.6. The number of rotatable bonds is 5. The summed E-state index contributed by atoms with van der Waals surface area (Å²) in [4.78, 5) is 14.9. The lowest BCUT2D eigenvalue weighted by atomic mass is 9.95. The Morgan fingerprint density at radius 1 is 1.17 bits per heavy atom. The molecule has 0 bridgehead atoms. The Hall–Kier alpha value is -1.65. The average Bonchev–Trinajstić information content (AvgIpc) is 2.91. The van der Waals surface area contributed by atoms with Gasteiger partial charge in [0.05, 0.1) is 0 Å². The fourth-order valence-corrected chi connectivity index (χ4v) is 3.32. The Bertz CT molecular complexity index is 670. The number of carbonyl (C=O) groups is 1. The average molecular weight is 330 g/mol. The predicted octanol–water partition coefficient (Wildman–Crippen LogP) is 4.54. The maximum atomic E-state index is 12.3. The SMILES string of the molecule is CNC(Cc1ccccc1NC(=O)C(C)(C)C)c1ccc(C)s1. The van der Waals surface area contributed by atoms with Crippen molar-refractivity contribution in [2.24, 2.45) is 5.41 Å². The quantitative estimate of drug-likeness (QED) is 0.845. The van der Waals surface area contributed by atoms with Crippen molar-refractivity contribution in [2.75, 3.05) is 12.4 Å². The van der Waals surface area contributed by atoms with E-state index in [0.717, 1.165) is 17.7 Å². The van der Waals surface area contributed by atoms with Crippen LogP contribution in [0.4, 0.5) is 5.69 Å². The van der Waals surface area contributed by atoms with Crippen LogP contribution >= 0.6 is 11.3 Å². The molecule has 2 rings (SSSR count). The molecule has 0 aliphatic carbocycles. The number of benzene rings is 1. The number of para-hydroxylation sites is 1. The summed E-state index contributed by atoms with van der Waals surface area (Å²) in [5, 5.41) is 6.46. The smallest absolute Gasteiger partial charge is 0.229 e. The topological polar surface area (TPSA) is 41.1 Å². The van der Waals surface area contributed by atoms with E-state index in [4.69, 9.17) is 0 Å². The van der Waals surface area contributed by atoms with Crippen LogP contribution in [0.15, 0.2) is 36.4 Å². The molecule has 1 aromatic carbocycles. The molecule has 4 heteroatoms. The van der Waals surface area contributed by atoms with Gasteiger partial charge in [-0.2, -0.15) is 0 Å². The van der Waals surface area contributed by atoms with Crippen LogP contribution in [-0.4, -0.2) is 13.0 Å². The molecule has 3 nitrogen and oxygen atoms in total. The molecule has 0 fully saturated rings. The van der Waals surface area contributed by atoms with Crippen LogP contribution in [0.5, 0.6) is 0 Å². The molecule has 1 amide bonds. The monoisotopic (exact) mass is 330 g/mol. The molecule has 23 heavy (non-hydrogen) atoms. The van der Waals surface area contributed by atoms with Crippen molar-refractivity contribution in [2.45, 2.75) is 40.2 Å². The van der Waals surface area contributed by atoms with Crippen LogP contribution in [0.3, 0.4) is 0 Å². The highest BCUT2D eigenvalue weighted by atomic mass is 32.1. The number of amides is 1. The summed E-state index contributed by atoms with van der Waals surface area (Å²) in [6.07, 6.45) is 0.844. The van der Waals surface area contributed by atoms with Crippen LogP contribution in [0, 0.1) is 12.3 Å². The number of hydrogen-bond donors (Lipinski definition) is 2. The van der Waals surface area contributed by atoms with E-state index in [9.17, 15) is 4.79 Å². The van der Waals surface area contributed by atoms with Gasteiger partial charge in [0.2, 0.25) is 5.91 Å². The van der Waals surface area contributed by atoms with E-state index >= 15 is 0 Å². The summed E-state index contributed by atoms with van der Waals surface area (Å²) in [6.45, 7) is 7.90. The van der Waals surface area contributed by atoms with E-state index in [1.165, 1.54) is 9.75 Å². The van der Waals surface area contributed by atoms with Gasteiger partial charge in [-0.3, -0.25) is 4.79 Å². The van der Waals surface area contributed by atoms with Crippen molar-refractivity contribution in [3.63, 3.8) is 0 Å². The number of likely N-dealkylation sites (N-methyl/N-ethyl adjacent to an activating group) is 1. The molecule has 1 aromatic heterocycles. The minimum Gasteiger partial charge on any atom is -0.325 e. The summed E-state index contributed by atoms with van der Waals surface area (Å²) in [7, 11) is 1.98. The van der Waals surface area contributed by atoms with Gasteiger partial charge < -0.3 is 10.6 Å². The highest BCUT2D eigenvalue weighted by molar-refractivity contribution is 7.12. The number of thiophene rings is 1. The van der Waals surface area contributed by atoms with Crippen LogP contribution < -0.4 is 10.6 Å². The molecule has 1 heterocycles. The lowest BCUT2D eigenvalue weighted by Gasteiger charge is -2.21. The summed E-state index contributed by atoms with van der Waals surface area (Å²) in [5.41, 5.74) is 1.65. The Balaban J connectivity index is 2.21. The number of nitrogens with one attached hydrogen (secondary N) is 2. The maximum Gasteiger partial charge on any atom is 0.229 e. The Labute approximate surface area is 143 Å². The van der Waals surface area contributed by atoms with Crippen molar-refractivity contribution in [3.05, 3.63) is 51.7 Å². The normalized spacial score (nSPS) is 12.9. The van der Waals surface area contributed by atoms with Gasteiger partial charge in [-0.05, 0) is 44.2 Å². The van der Waals surface area contributed by atoms with Gasteiger partial charge in [-0.15, -0.1) is 11.3 Å². The van der Waals surface area contributed by atoms with Gasteiger partial charge in [0.15, 0.2) is 0 Å². The standard InChI is InChI=1S/C19H26N2OS/c1-13-10-11-17(23-13)16(20-5)12-14-8-6-7-9-15(14)21-18(22)19(2,3)4/h6-11,16,20H,12H2,1-5H3,(H,21,22). The lowest BCUT2D eigenvalue weighted by molar-refractivity contribution is -0.123. The first kappa shape index (κ1) is 17.7. The molecule has 0 radical (unpaired) electrons. The Morgan fingerprint density at radius 2 is 1.87 bits per heavy atom. The van der Waals surface area contributed by atoms with Gasteiger partial charge in [-0.25, -0.2) is 0 Å². The molecule has 1 atom stereocenters. The highest BCUT2D eigenvalue weighted by Gasteiger charge is 2.22. The van der Waals surface area contributed by atoms with E-state index in [1.807, 2.05) is 57.4 Å². The molecule has 2 N–H and O–H groups in total. The molecule has 0 saturated carbocycles. The largest absolute Gasteiger partial charge is 0.325 e. The number of hydrogen-bond acceptors (Lipinski definition) is 3. The van der Waals surface area contributed by atoms with Crippen molar-refractivity contribution in [3.8, 4) is 0 Å². The van der Waals surface area contributed by atoms with E-state index in [2.05, 4.69) is 35.8 Å². The maximum absolute atomic E-state index is 12.3. The summed E-state index contributed by atoms with van der Waals surface area (Å²) < 4.78 is 0. The van der Waals surface area contributed by atoms with E-state index in [-0.39, 0.29) is 11.9 Å². The third-order valence-corrected chi connectivity index (χ3v) is 4.94. The second kappa shape index (κ2) is 7.28. The summed E-state index contributed by atoms with van der Waals surface area (Å²) in [5.74, 6) is 0.0397. The molecule has 0 spiro atoms. The highest BCUT2D eigenvalue weighted by Crippen LogP contribution is 2.28. The Kier molecular flexibility index (Phi) is 5.60. The van der Waals surface area contributed by atoms with Crippen molar-refractivity contribution < 1.29 is 4.79 Å². The lowest BCUT2D eigenvalue weighted by Crippen LogP contribution is -2.28. The number of anilines is 1. The molecule has 2 aromatic rings. The minimum absolute atomic E-state index is 0.0397. The van der Waals surface area contributed by atoms with E-state index < -0.39 is 5.41 Å². The first-order valence-corrected chi connectivity index (χ1v) is 8.76. The predicted molar refractivity (Wildman–Crippen MR) is 99.1 cm³/mol. The van der Waals surface area contributed by atoms with Crippen LogP contribution in [0.1, 0.15) is 42.1 Å². The van der Waals surface area contributed by atoms with Gasteiger partial charge in [0, 0.05) is 26.9 Å². The first-order valence-electron chi connectivity index (χ1n) is 7.94. The van der Waals surface area contributed by atoms with Crippen LogP contribution in [0.2, 0.25) is 0 Å². The molecular weight excluding hydrogens is 304 g/mol. The van der Waals surface area contributed by atoms with Crippen LogP contribution in [-0.2, 0) is 11.2 Å². The zero-order chi connectivity index (χ0) is 17.0. The fourth-order valence-electron chi connectivity index (χ4n) is 2.34. The van der Waals surface area contributed by atoms with Crippen molar-refractivity contribution in [1.82, 2.24) is 5.32 Å². The number of aryl methyl sites for hydroxylation is 1.